The number of ether oxygens (including phenoxy) is 2. The molecule has 5 nitrogen and oxygen atoms in total. The zero-order chi connectivity index (χ0) is 14.5. The van der Waals surface area contributed by atoms with Gasteiger partial charge < -0.3 is 9.47 Å². The van der Waals surface area contributed by atoms with Crippen molar-refractivity contribution in [1.29, 1.82) is 0 Å². The molecule has 2 rings (SSSR count). The molecule has 0 aromatic heterocycles. The van der Waals surface area contributed by atoms with Crippen LogP contribution >= 0.6 is 0 Å². The van der Waals surface area contributed by atoms with Crippen molar-refractivity contribution in [1.82, 2.24) is 0 Å². The maximum absolute atomic E-state index is 11.4. The lowest BCUT2D eigenvalue weighted by molar-refractivity contribution is 0.0600. The second-order valence-electron chi connectivity index (χ2n) is 3.85. The van der Waals surface area contributed by atoms with Crippen LogP contribution in [0.15, 0.2) is 53.4 Å². The number of thiol groups is 1. The Labute approximate surface area is 117 Å². The summed E-state index contributed by atoms with van der Waals surface area (Å²) in [5.41, 5.74) is 0.155. The standard InChI is InChI=1S/C14H12O5S/c1-18-14(15)10-7-8-12(13(9-10)20(16)17)19-11-5-3-2-4-6-11/h2-9,20H,1H3. The van der Waals surface area contributed by atoms with Crippen molar-refractivity contribution in [2.45, 2.75) is 4.90 Å². The van der Waals surface area contributed by atoms with Crippen molar-refractivity contribution < 1.29 is 22.7 Å². The van der Waals surface area contributed by atoms with Gasteiger partial charge in [-0.05, 0) is 30.3 Å². The van der Waals surface area contributed by atoms with Crippen molar-refractivity contribution in [2.24, 2.45) is 0 Å². The molecule has 0 atom stereocenters. The Bertz CT molecular complexity index is 684. The molecule has 0 aliphatic heterocycles. The Morgan fingerprint density at radius 1 is 1.05 bits per heavy atom. The number of para-hydroxylation sites is 1. The molecule has 0 heterocycles. The summed E-state index contributed by atoms with van der Waals surface area (Å²) in [6, 6.07) is 12.9. The van der Waals surface area contributed by atoms with E-state index in [4.69, 9.17) is 4.74 Å². The third-order valence-electron chi connectivity index (χ3n) is 2.55. The second-order valence-corrected chi connectivity index (χ2v) is 4.84. The molecule has 0 radical (unpaired) electrons. The average Bonchev–Trinajstić information content (AvgIpc) is 2.47. The summed E-state index contributed by atoms with van der Waals surface area (Å²) in [5.74, 6) is 0.0748. The quantitative estimate of drug-likeness (QED) is 0.691. The van der Waals surface area contributed by atoms with E-state index in [0.717, 1.165) is 0 Å². The van der Waals surface area contributed by atoms with Gasteiger partial charge in [-0.15, -0.1) is 0 Å². The lowest BCUT2D eigenvalue weighted by Crippen LogP contribution is -2.02. The van der Waals surface area contributed by atoms with Crippen molar-refractivity contribution in [3.8, 4) is 11.5 Å². The number of benzene rings is 2. The Balaban J connectivity index is 2.41. The minimum Gasteiger partial charge on any atom is -0.465 e. The molecule has 0 unspecified atom stereocenters. The molecule has 2 aromatic carbocycles. The average molecular weight is 292 g/mol. The molecule has 0 bridgehead atoms. The molecule has 0 saturated carbocycles. The molecule has 6 heteroatoms. The van der Waals surface area contributed by atoms with Crippen LogP contribution < -0.4 is 4.74 Å². The van der Waals surface area contributed by atoms with E-state index in [9.17, 15) is 13.2 Å². The van der Waals surface area contributed by atoms with E-state index in [0.29, 0.717) is 5.75 Å². The van der Waals surface area contributed by atoms with Gasteiger partial charge in [-0.1, -0.05) is 18.2 Å². The summed E-state index contributed by atoms with van der Waals surface area (Å²) in [6.07, 6.45) is 0. The van der Waals surface area contributed by atoms with Gasteiger partial charge in [0, 0.05) is 0 Å². The van der Waals surface area contributed by atoms with Crippen LogP contribution in [0.2, 0.25) is 0 Å². The summed E-state index contributed by atoms with van der Waals surface area (Å²) in [4.78, 5) is 11.3. The maximum Gasteiger partial charge on any atom is 0.337 e. The van der Waals surface area contributed by atoms with Crippen molar-refractivity contribution in [3.63, 3.8) is 0 Å². The predicted octanol–water partition coefficient (Wildman–Crippen LogP) is 2.24. The SMILES string of the molecule is COC(=O)c1ccc(Oc2ccccc2)c([SH](=O)=O)c1. The van der Waals surface area contributed by atoms with Gasteiger partial charge in [0.2, 0.25) is 0 Å². The van der Waals surface area contributed by atoms with Crippen molar-refractivity contribution >= 4 is 16.7 Å². The van der Waals surface area contributed by atoms with Crippen molar-refractivity contribution in [2.75, 3.05) is 7.11 Å². The van der Waals surface area contributed by atoms with Crippen LogP contribution in [-0.2, 0) is 15.4 Å². The number of rotatable bonds is 4. The van der Waals surface area contributed by atoms with Gasteiger partial charge in [-0.3, -0.25) is 0 Å². The van der Waals surface area contributed by atoms with E-state index in [2.05, 4.69) is 4.74 Å². The van der Waals surface area contributed by atoms with E-state index in [1.807, 2.05) is 6.07 Å². The van der Waals surface area contributed by atoms with E-state index in [-0.39, 0.29) is 16.2 Å². The first-order valence-electron chi connectivity index (χ1n) is 5.71. The summed E-state index contributed by atoms with van der Waals surface area (Å²) in [6.45, 7) is 0. The van der Waals surface area contributed by atoms with E-state index < -0.39 is 16.7 Å². The fourth-order valence-electron chi connectivity index (χ4n) is 1.61. The lowest BCUT2D eigenvalue weighted by Gasteiger charge is -2.08. The third kappa shape index (κ3) is 3.16. The van der Waals surface area contributed by atoms with E-state index >= 15 is 0 Å². The molecule has 20 heavy (non-hydrogen) atoms. The third-order valence-corrected chi connectivity index (χ3v) is 3.29. The summed E-state index contributed by atoms with van der Waals surface area (Å²) >= 11 is 0. The van der Waals surface area contributed by atoms with Crippen molar-refractivity contribution in [3.05, 3.63) is 54.1 Å². The summed E-state index contributed by atoms with van der Waals surface area (Å²) < 4.78 is 32.6. The van der Waals surface area contributed by atoms with Gasteiger partial charge in [0.05, 0.1) is 12.7 Å². The van der Waals surface area contributed by atoms with Gasteiger partial charge in [0.1, 0.15) is 16.4 Å². The Hall–Kier alpha value is -2.34. The number of carbonyl (C=O) groups excluding carboxylic acids is 1. The highest BCUT2D eigenvalue weighted by Crippen LogP contribution is 2.27. The minimum atomic E-state index is -2.89. The highest BCUT2D eigenvalue weighted by atomic mass is 32.2. The maximum atomic E-state index is 11.4. The number of carbonyl (C=O) groups is 1. The van der Waals surface area contributed by atoms with Crippen LogP contribution in [0, 0.1) is 0 Å². The van der Waals surface area contributed by atoms with E-state index in [1.54, 1.807) is 24.3 Å². The highest BCUT2D eigenvalue weighted by molar-refractivity contribution is 7.72. The summed E-state index contributed by atoms with van der Waals surface area (Å²) in [7, 11) is -1.66. The molecule has 0 amide bonds. The van der Waals surface area contributed by atoms with Crippen LogP contribution in [0.3, 0.4) is 0 Å². The van der Waals surface area contributed by atoms with Gasteiger partial charge in [0.15, 0.2) is 10.7 Å². The van der Waals surface area contributed by atoms with Gasteiger partial charge in [-0.25, -0.2) is 13.2 Å². The molecule has 0 aliphatic rings. The fraction of sp³-hybridized carbons (Fsp3) is 0.0714. The van der Waals surface area contributed by atoms with Gasteiger partial charge >= 0.3 is 5.97 Å². The molecular weight excluding hydrogens is 280 g/mol. The summed E-state index contributed by atoms with van der Waals surface area (Å²) in [5, 5.41) is 0. The Morgan fingerprint density at radius 3 is 2.35 bits per heavy atom. The molecule has 104 valence electrons. The smallest absolute Gasteiger partial charge is 0.337 e. The largest absolute Gasteiger partial charge is 0.465 e. The zero-order valence-corrected chi connectivity index (χ0v) is 11.5. The number of esters is 1. The van der Waals surface area contributed by atoms with Crippen LogP contribution in [0.1, 0.15) is 10.4 Å². The lowest BCUT2D eigenvalue weighted by atomic mass is 10.2. The van der Waals surface area contributed by atoms with Crippen LogP contribution in [0.5, 0.6) is 11.5 Å². The van der Waals surface area contributed by atoms with Crippen LogP contribution in [0.25, 0.3) is 0 Å². The van der Waals surface area contributed by atoms with E-state index in [1.165, 1.54) is 25.3 Å². The Kier molecular flexibility index (Phi) is 4.37. The molecule has 0 N–H and O–H groups in total. The highest BCUT2D eigenvalue weighted by Gasteiger charge is 2.13. The number of hydrogen-bond donors (Lipinski definition) is 1. The monoisotopic (exact) mass is 292 g/mol. The number of methoxy groups -OCH3 is 1. The first-order valence-corrected chi connectivity index (χ1v) is 6.89. The van der Waals surface area contributed by atoms with Gasteiger partial charge in [-0.2, -0.15) is 0 Å². The molecular formula is C14H12O5S. The van der Waals surface area contributed by atoms with Gasteiger partial charge in [0.25, 0.3) is 0 Å². The van der Waals surface area contributed by atoms with Crippen LogP contribution in [-0.4, -0.2) is 21.5 Å². The normalized spacial score (nSPS) is 10.3. The Morgan fingerprint density at radius 2 is 1.75 bits per heavy atom. The minimum absolute atomic E-state index is 0.0632. The molecule has 0 aliphatic carbocycles. The van der Waals surface area contributed by atoms with Crippen LogP contribution in [0.4, 0.5) is 0 Å². The molecule has 0 saturated heterocycles. The second kappa shape index (κ2) is 6.21. The first kappa shape index (κ1) is 14.1. The fourth-order valence-corrected chi connectivity index (χ4v) is 2.15. The zero-order valence-electron chi connectivity index (χ0n) is 10.6. The topological polar surface area (TPSA) is 69.7 Å². The molecule has 2 aromatic rings. The number of hydrogen-bond acceptors (Lipinski definition) is 5. The molecule has 0 spiro atoms. The molecule has 0 fully saturated rings. The first-order chi connectivity index (χ1) is 9.61. The predicted molar refractivity (Wildman–Crippen MR) is 72.9 cm³/mol.